The number of benzene rings is 1. The molecule has 94 valence electrons. The number of carbonyl (C=O) groups excluding carboxylic acids is 3. The van der Waals surface area contributed by atoms with Crippen LogP contribution in [0.3, 0.4) is 0 Å². The van der Waals surface area contributed by atoms with Crippen LogP contribution in [-0.2, 0) is 14.4 Å². The summed E-state index contributed by atoms with van der Waals surface area (Å²) in [6, 6.07) is 4.78. The lowest BCUT2D eigenvalue weighted by Gasteiger charge is -2.13. The standard InChI is InChI=1S/C12H10ClNO4/c1-7-2-3-8(9(13)6-7)12(17)18-14-10(15)4-5-11(14)16/h2-3,6H,4-5H2,1H3. The van der Waals surface area contributed by atoms with Gasteiger partial charge >= 0.3 is 5.97 Å². The average Bonchev–Trinajstić information content (AvgIpc) is 2.60. The predicted molar refractivity (Wildman–Crippen MR) is 62.7 cm³/mol. The highest BCUT2D eigenvalue weighted by Gasteiger charge is 2.33. The summed E-state index contributed by atoms with van der Waals surface area (Å²) in [5.41, 5.74) is 1.01. The average molecular weight is 268 g/mol. The van der Waals surface area contributed by atoms with E-state index in [0.717, 1.165) is 5.56 Å². The van der Waals surface area contributed by atoms with Gasteiger partial charge in [-0.15, -0.1) is 5.06 Å². The van der Waals surface area contributed by atoms with E-state index in [4.69, 9.17) is 16.4 Å². The molecule has 0 unspecified atom stereocenters. The maximum absolute atomic E-state index is 11.8. The molecule has 0 aliphatic carbocycles. The van der Waals surface area contributed by atoms with Gasteiger partial charge in [0.05, 0.1) is 10.6 Å². The highest BCUT2D eigenvalue weighted by molar-refractivity contribution is 6.33. The van der Waals surface area contributed by atoms with Crippen molar-refractivity contribution >= 4 is 29.4 Å². The molecule has 2 rings (SSSR count). The number of aryl methyl sites for hydroxylation is 1. The van der Waals surface area contributed by atoms with E-state index in [0.29, 0.717) is 5.06 Å². The van der Waals surface area contributed by atoms with Crippen molar-refractivity contribution in [3.63, 3.8) is 0 Å². The summed E-state index contributed by atoms with van der Waals surface area (Å²) in [5, 5.41) is 0.720. The van der Waals surface area contributed by atoms with Gasteiger partial charge in [-0.25, -0.2) is 4.79 Å². The molecule has 0 bridgehead atoms. The second-order valence-electron chi connectivity index (χ2n) is 3.94. The van der Waals surface area contributed by atoms with Crippen LogP contribution in [0.25, 0.3) is 0 Å². The second-order valence-corrected chi connectivity index (χ2v) is 4.35. The van der Waals surface area contributed by atoms with Crippen molar-refractivity contribution in [2.45, 2.75) is 19.8 Å². The fourth-order valence-corrected chi connectivity index (χ4v) is 1.89. The number of hydrogen-bond donors (Lipinski definition) is 0. The lowest BCUT2D eigenvalue weighted by atomic mass is 10.1. The minimum absolute atomic E-state index is 0.0632. The molecular formula is C12H10ClNO4. The van der Waals surface area contributed by atoms with Gasteiger partial charge in [-0.3, -0.25) is 9.59 Å². The van der Waals surface area contributed by atoms with Gasteiger partial charge in [0.1, 0.15) is 0 Å². The van der Waals surface area contributed by atoms with Crippen molar-refractivity contribution in [3.8, 4) is 0 Å². The summed E-state index contributed by atoms with van der Waals surface area (Å²) in [6.07, 6.45) is 0.126. The molecule has 1 heterocycles. The fourth-order valence-electron chi connectivity index (χ4n) is 1.58. The minimum atomic E-state index is -0.816. The Bertz CT molecular complexity index is 525. The van der Waals surface area contributed by atoms with Crippen LogP contribution in [0.4, 0.5) is 0 Å². The van der Waals surface area contributed by atoms with Crippen molar-refractivity contribution in [3.05, 3.63) is 34.3 Å². The Kier molecular flexibility index (Phi) is 3.34. The molecule has 1 aromatic rings. The van der Waals surface area contributed by atoms with Crippen LogP contribution < -0.4 is 0 Å². The highest BCUT2D eigenvalue weighted by Crippen LogP contribution is 2.20. The number of rotatable bonds is 2. The summed E-state index contributed by atoms with van der Waals surface area (Å²) in [5.74, 6) is -1.85. The number of carbonyl (C=O) groups is 3. The first-order valence-corrected chi connectivity index (χ1v) is 5.71. The topological polar surface area (TPSA) is 63.7 Å². The van der Waals surface area contributed by atoms with Crippen LogP contribution in [0.15, 0.2) is 18.2 Å². The zero-order valence-electron chi connectivity index (χ0n) is 9.60. The number of imide groups is 1. The molecule has 0 N–H and O–H groups in total. The maximum Gasteiger partial charge on any atom is 0.365 e. The van der Waals surface area contributed by atoms with Crippen molar-refractivity contribution in [1.29, 1.82) is 0 Å². The molecule has 0 aromatic heterocycles. The Morgan fingerprint density at radius 3 is 2.44 bits per heavy atom. The van der Waals surface area contributed by atoms with E-state index in [2.05, 4.69) is 0 Å². The van der Waals surface area contributed by atoms with Crippen LogP contribution in [0.2, 0.25) is 5.02 Å². The Hall–Kier alpha value is -1.88. The first kappa shape index (κ1) is 12.6. The van der Waals surface area contributed by atoms with Crippen LogP contribution in [0.1, 0.15) is 28.8 Å². The molecule has 6 heteroatoms. The zero-order chi connectivity index (χ0) is 13.3. The van der Waals surface area contributed by atoms with Crippen molar-refractivity contribution in [2.24, 2.45) is 0 Å². The molecule has 1 saturated heterocycles. The smallest absolute Gasteiger partial charge is 0.325 e. The molecule has 1 aliphatic rings. The van der Waals surface area contributed by atoms with Gasteiger partial charge in [0, 0.05) is 12.8 Å². The van der Waals surface area contributed by atoms with Crippen molar-refractivity contribution < 1.29 is 19.2 Å². The summed E-state index contributed by atoms with van der Waals surface area (Å²) in [7, 11) is 0. The van der Waals surface area contributed by atoms with Gasteiger partial charge in [-0.1, -0.05) is 17.7 Å². The van der Waals surface area contributed by atoms with Gasteiger partial charge in [-0.2, -0.15) is 0 Å². The molecule has 2 amide bonds. The number of amides is 2. The lowest BCUT2D eigenvalue weighted by molar-refractivity contribution is -0.172. The molecule has 5 nitrogen and oxygen atoms in total. The van der Waals surface area contributed by atoms with Crippen LogP contribution in [0.5, 0.6) is 0 Å². The van der Waals surface area contributed by atoms with Gasteiger partial charge in [0.15, 0.2) is 0 Å². The van der Waals surface area contributed by atoms with Gasteiger partial charge in [0.25, 0.3) is 11.8 Å². The molecule has 0 spiro atoms. The molecule has 1 aliphatic heterocycles. The third kappa shape index (κ3) is 2.36. The first-order valence-electron chi connectivity index (χ1n) is 5.33. The van der Waals surface area contributed by atoms with E-state index in [-0.39, 0.29) is 23.4 Å². The maximum atomic E-state index is 11.8. The number of nitrogens with zero attached hydrogens (tertiary/aromatic N) is 1. The molecule has 18 heavy (non-hydrogen) atoms. The third-order valence-electron chi connectivity index (χ3n) is 2.52. The molecule has 1 fully saturated rings. The summed E-state index contributed by atoms with van der Waals surface area (Å²) in [4.78, 5) is 39.1. The summed E-state index contributed by atoms with van der Waals surface area (Å²) in [6.45, 7) is 1.83. The van der Waals surface area contributed by atoms with Crippen molar-refractivity contribution in [1.82, 2.24) is 5.06 Å². The van der Waals surface area contributed by atoms with Crippen LogP contribution in [-0.4, -0.2) is 22.8 Å². The van der Waals surface area contributed by atoms with E-state index in [9.17, 15) is 14.4 Å². The Morgan fingerprint density at radius 2 is 1.89 bits per heavy atom. The zero-order valence-corrected chi connectivity index (χ0v) is 10.4. The van der Waals surface area contributed by atoms with E-state index < -0.39 is 17.8 Å². The largest absolute Gasteiger partial charge is 0.365 e. The number of halogens is 1. The molecule has 0 radical (unpaired) electrons. The fraction of sp³-hybridized carbons (Fsp3) is 0.250. The minimum Gasteiger partial charge on any atom is -0.325 e. The van der Waals surface area contributed by atoms with Gasteiger partial charge < -0.3 is 4.84 Å². The molecule has 0 atom stereocenters. The lowest BCUT2D eigenvalue weighted by Crippen LogP contribution is -2.32. The second kappa shape index (κ2) is 4.78. The number of hydroxylamine groups is 2. The molecular weight excluding hydrogens is 258 g/mol. The molecule has 0 saturated carbocycles. The Labute approximate surface area is 108 Å². The van der Waals surface area contributed by atoms with Crippen molar-refractivity contribution in [2.75, 3.05) is 0 Å². The SMILES string of the molecule is Cc1ccc(C(=O)ON2C(=O)CCC2=O)c(Cl)c1. The van der Waals surface area contributed by atoms with E-state index in [1.165, 1.54) is 6.07 Å². The normalized spacial score (nSPS) is 15.1. The van der Waals surface area contributed by atoms with Crippen LogP contribution in [0, 0.1) is 6.92 Å². The molecule has 1 aromatic carbocycles. The first-order chi connectivity index (χ1) is 8.49. The Balaban J connectivity index is 2.17. The van der Waals surface area contributed by atoms with E-state index >= 15 is 0 Å². The predicted octanol–water partition coefficient (Wildman–Crippen LogP) is 1.87. The van der Waals surface area contributed by atoms with E-state index in [1.54, 1.807) is 12.1 Å². The third-order valence-corrected chi connectivity index (χ3v) is 2.84. The highest BCUT2D eigenvalue weighted by atomic mass is 35.5. The number of hydrogen-bond acceptors (Lipinski definition) is 4. The quantitative estimate of drug-likeness (QED) is 0.768. The summed E-state index contributed by atoms with van der Waals surface area (Å²) < 4.78 is 0. The summed E-state index contributed by atoms with van der Waals surface area (Å²) >= 11 is 5.89. The van der Waals surface area contributed by atoms with E-state index in [1.807, 2.05) is 6.92 Å². The Morgan fingerprint density at radius 1 is 1.28 bits per heavy atom. The van der Waals surface area contributed by atoms with Gasteiger partial charge in [0.2, 0.25) is 0 Å². The van der Waals surface area contributed by atoms with Crippen LogP contribution >= 0.6 is 11.6 Å². The van der Waals surface area contributed by atoms with Gasteiger partial charge in [-0.05, 0) is 24.6 Å². The monoisotopic (exact) mass is 267 g/mol.